The van der Waals surface area contributed by atoms with Gasteiger partial charge in [0.05, 0.1) is 11.3 Å². The van der Waals surface area contributed by atoms with Gasteiger partial charge in [-0.25, -0.2) is 9.78 Å². The summed E-state index contributed by atoms with van der Waals surface area (Å²) in [5.41, 5.74) is 2.32. The number of thiophene rings is 1. The van der Waals surface area contributed by atoms with Crippen LogP contribution in [0.25, 0.3) is 10.6 Å². The first kappa shape index (κ1) is 14.3. The lowest BCUT2D eigenvalue weighted by molar-refractivity contribution is 0.0469. The number of benzene rings is 1. The largest absolute Gasteiger partial charge is 0.456 e. The van der Waals surface area contributed by atoms with Crippen molar-refractivity contribution in [3.63, 3.8) is 0 Å². The van der Waals surface area contributed by atoms with Crippen LogP contribution >= 0.6 is 34.3 Å². The predicted octanol–water partition coefficient (Wildman–Crippen LogP) is 4.88. The van der Waals surface area contributed by atoms with E-state index in [0.29, 0.717) is 10.6 Å². The van der Waals surface area contributed by atoms with Crippen LogP contribution in [0.15, 0.2) is 46.5 Å². The van der Waals surface area contributed by atoms with Crippen molar-refractivity contribution < 1.29 is 9.53 Å². The molecule has 0 amide bonds. The zero-order valence-electron chi connectivity index (χ0n) is 10.8. The number of rotatable bonds is 4. The van der Waals surface area contributed by atoms with Crippen LogP contribution in [0.5, 0.6) is 0 Å². The Balaban J connectivity index is 1.65. The second kappa shape index (κ2) is 6.39. The van der Waals surface area contributed by atoms with Gasteiger partial charge in [-0.15, -0.1) is 11.3 Å². The van der Waals surface area contributed by atoms with Gasteiger partial charge in [0.2, 0.25) is 0 Å². The van der Waals surface area contributed by atoms with E-state index in [2.05, 4.69) is 4.98 Å². The Morgan fingerprint density at radius 1 is 1.19 bits per heavy atom. The summed E-state index contributed by atoms with van der Waals surface area (Å²) in [6, 6.07) is 9.24. The molecule has 0 N–H and O–H groups in total. The highest BCUT2D eigenvalue weighted by Crippen LogP contribution is 2.25. The standard InChI is InChI=1S/C15H10ClNO2S2/c16-12-3-1-10(2-4-12)14-17-13(9-21-14)7-19-15(18)11-5-6-20-8-11/h1-6,8-9H,7H2. The number of aromatic nitrogens is 1. The van der Waals surface area contributed by atoms with Crippen LogP contribution in [0.1, 0.15) is 16.1 Å². The molecule has 2 aromatic heterocycles. The molecule has 3 rings (SSSR count). The Labute approximate surface area is 134 Å². The lowest BCUT2D eigenvalue weighted by Crippen LogP contribution is -2.03. The number of hydrogen-bond acceptors (Lipinski definition) is 5. The van der Waals surface area contributed by atoms with Crippen molar-refractivity contribution in [2.75, 3.05) is 0 Å². The highest BCUT2D eigenvalue weighted by molar-refractivity contribution is 7.13. The molecule has 0 atom stereocenters. The highest BCUT2D eigenvalue weighted by atomic mass is 35.5. The van der Waals surface area contributed by atoms with Gasteiger partial charge in [-0.2, -0.15) is 11.3 Å². The van der Waals surface area contributed by atoms with E-state index in [4.69, 9.17) is 16.3 Å². The molecule has 21 heavy (non-hydrogen) atoms. The average Bonchev–Trinajstić information content (AvgIpc) is 3.17. The van der Waals surface area contributed by atoms with E-state index in [1.165, 1.54) is 22.7 Å². The van der Waals surface area contributed by atoms with Gasteiger partial charge in [0.1, 0.15) is 11.6 Å². The first-order valence-electron chi connectivity index (χ1n) is 6.12. The normalized spacial score (nSPS) is 10.5. The third-order valence-corrected chi connectivity index (χ3v) is 4.63. The summed E-state index contributed by atoms with van der Waals surface area (Å²) in [4.78, 5) is 16.2. The van der Waals surface area contributed by atoms with Gasteiger partial charge in [0, 0.05) is 21.3 Å². The number of halogens is 1. The topological polar surface area (TPSA) is 39.2 Å². The molecule has 0 aliphatic heterocycles. The smallest absolute Gasteiger partial charge is 0.339 e. The molecule has 0 unspecified atom stereocenters. The fraction of sp³-hybridized carbons (Fsp3) is 0.0667. The van der Waals surface area contributed by atoms with E-state index in [9.17, 15) is 4.79 Å². The third-order valence-electron chi connectivity index (χ3n) is 2.75. The quantitative estimate of drug-likeness (QED) is 0.638. The number of carbonyl (C=O) groups is 1. The molecule has 0 fully saturated rings. The van der Waals surface area contributed by atoms with Crippen molar-refractivity contribution in [1.29, 1.82) is 0 Å². The zero-order chi connectivity index (χ0) is 14.7. The number of ether oxygens (including phenoxy) is 1. The second-order valence-corrected chi connectivity index (χ2v) is 6.31. The van der Waals surface area contributed by atoms with Crippen molar-refractivity contribution in [3.8, 4) is 10.6 Å². The molecule has 0 radical (unpaired) electrons. The second-order valence-electron chi connectivity index (χ2n) is 4.24. The van der Waals surface area contributed by atoms with Gasteiger partial charge in [0.15, 0.2) is 0 Å². The molecule has 1 aromatic carbocycles. The van der Waals surface area contributed by atoms with Crippen LogP contribution in [-0.4, -0.2) is 11.0 Å². The van der Waals surface area contributed by atoms with Gasteiger partial charge in [-0.05, 0) is 23.6 Å². The maximum absolute atomic E-state index is 11.7. The minimum Gasteiger partial charge on any atom is -0.456 e. The Morgan fingerprint density at radius 2 is 2.00 bits per heavy atom. The fourth-order valence-electron chi connectivity index (χ4n) is 1.70. The van der Waals surface area contributed by atoms with Gasteiger partial charge in [0.25, 0.3) is 0 Å². The minimum absolute atomic E-state index is 0.179. The number of nitrogens with zero attached hydrogens (tertiary/aromatic N) is 1. The maximum atomic E-state index is 11.7. The minimum atomic E-state index is -0.322. The van der Waals surface area contributed by atoms with Crippen molar-refractivity contribution in [2.45, 2.75) is 6.61 Å². The summed E-state index contributed by atoms with van der Waals surface area (Å²) in [6.45, 7) is 0.179. The Hall–Kier alpha value is -1.69. The highest BCUT2D eigenvalue weighted by Gasteiger charge is 2.10. The van der Waals surface area contributed by atoms with Crippen molar-refractivity contribution in [2.24, 2.45) is 0 Å². The molecule has 2 heterocycles. The van der Waals surface area contributed by atoms with E-state index in [-0.39, 0.29) is 12.6 Å². The lowest BCUT2D eigenvalue weighted by Gasteiger charge is -2.00. The van der Waals surface area contributed by atoms with Crippen LogP contribution in [0.3, 0.4) is 0 Å². The number of hydrogen-bond donors (Lipinski definition) is 0. The molecule has 0 bridgehead atoms. The van der Waals surface area contributed by atoms with E-state index in [1.54, 1.807) is 11.4 Å². The van der Waals surface area contributed by atoms with Crippen molar-refractivity contribution in [1.82, 2.24) is 4.98 Å². The van der Waals surface area contributed by atoms with Crippen LogP contribution < -0.4 is 0 Å². The summed E-state index contributed by atoms with van der Waals surface area (Å²) >= 11 is 8.85. The fourth-order valence-corrected chi connectivity index (χ4v) is 3.26. The molecular formula is C15H10ClNO2S2. The summed E-state index contributed by atoms with van der Waals surface area (Å²) in [5.74, 6) is -0.322. The summed E-state index contributed by atoms with van der Waals surface area (Å²) < 4.78 is 5.23. The van der Waals surface area contributed by atoms with Gasteiger partial charge < -0.3 is 4.74 Å². The Kier molecular flexibility index (Phi) is 4.34. The van der Waals surface area contributed by atoms with Crippen molar-refractivity contribution in [3.05, 3.63) is 62.8 Å². The van der Waals surface area contributed by atoms with Crippen LogP contribution in [-0.2, 0) is 11.3 Å². The third kappa shape index (κ3) is 3.50. The number of thiazole rings is 1. The molecule has 0 aliphatic carbocycles. The van der Waals surface area contributed by atoms with E-state index >= 15 is 0 Å². The lowest BCUT2D eigenvalue weighted by atomic mass is 10.2. The monoisotopic (exact) mass is 335 g/mol. The molecule has 0 saturated carbocycles. The SMILES string of the molecule is O=C(OCc1csc(-c2ccc(Cl)cc2)n1)c1ccsc1. The van der Waals surface area contributed by atoms with E-state index in [1.807, 2.05) is 35.0 Å². The summed E-state index contributed by atoms with van der Waals surface area (Å²) in [6.07, 6.45) is 0. The van der Waals surface area contributed by atoms with Crippen LogP contribution in [0.2, 0.25) is 5.02 Å². The summed E-state index contributed by atoms with van der Waals surface area (Å²) in [7, 11) is 0. The van der Waals surface area contributed by atoms with E-state index < -0.39 is 0 Å². The Bertz CT molecular complexity index is 735. The molecular weight excluding hydrogens is 326 g/mol. The molecule has 3 aromatic rings. The molecule has 0 saturated heterocycles. The van der Waals surface area contributed by atoms with Crippen molar-refractivity contribution >= 4 is 40.2 Å². The van der Waals surface area contributed by atoms with Gasteiger partial charge >= 0.3 is 5.97 Å². The number of carbonyl (C=O) groups excluding carboxylic acids is 1. The average molecular weight is 336 g/mol. The molecule has 3 nitrogen and oxygen atoms in total. The zero-order valence-corrected chi connectivity index (χ0v) is 13.2. The maximum Gasteiger partial charge on any atom is 0.339 e. The molecule has 6 heteroatoms. The van der Waals surface area contributed by atoms with E-state index in [0.717, 1.165) is 16.3 Å². The predicted molar refractivity (Wildman–Crippen MR) is 86.0 cm³/mol. The summed E-state index contributed by atoms with van der Waals surface area (Å²) in [5, 5.41) is 7.08. The molecule has 106 valence electrons. The first-order valence-corrected chi connectivity index (χ1v) is 8.32. The van der Waals surface area contributed by atoms with Crippen LogP contribution in [0.4, 0.5) is 0 Å². The molecule has 0 aliphatic rings. The van der Waals surface area contributed by atoms with Crippen LogP contribution in [0, 0.1) is 0 Å². The molecule has 0 spiro atoms. The Morgan fingerprint density at radius 3 is 2.71 bits per heavy atom. The number of esters is 1. The first-order chi connectivity index (χ1) is 10.2. The van der Waals surface area contributed by atoms with Gasteiger partial charge in [-0.3, -0.25) is 0 Å². The van der Waals surface area contributed by atoms with Gasteiger partial charge in [-0.1, -0.05) is 23.7 Å².